The molecule has 2 aromatic rings. The lowest BCUT2D eigenvalue weighted by atomic mass is 10.0. The minimum Gasteiger partial charge on any atom is -0.384 e. The average molecular weight is 282 g/mol. The molecule has 0 aromatic heterocycles. The lowest BCUT2D eigenvalue weighted by molar-refractivity contribution is 0.100. The van der Waals surface area contributed by atoms with E-state index in [0.29, 0.717) is 5.56 Å². The first-order valence-electron chi connectivity index (χ1n) is 7.45. The number of carbonyl (C=O) groups excluding carboxylic acids is 1. The van der Waals surface area contributed by atoms with Crippen LogP contribution >= 0.6 is 0 Å². The smallest absolute Gasteiger partial charge is 0.250 e. The molecular weight excluding hydrogens is 260 g/mol. The standard InChI is InChI=1S/C18H22N2O/c1-2-3-7-12-20-17-13-15(10-11-16(17)18(19)21)14-8-5-4-6-9-14/h4-6,8-11,13,20H,2-3,7,12H2,1H3,(H2,19,21). The number of hydrogen-bond acceptors (Lipinski definition) is 2. The molecule has 2 rings (SSSR count). The van der Waals surface area contributed by atoms with Crippen molar-refractivity contribution in [3.05, 3.63) is 54.1 Å². The molecule has 3 nitrogen and oxygen atoms in total. The van der Waals surface area contributed by atoms with E-state index >= 15 is 0 Å². The molecule has 0 aliphatic heterocycles. The van der Waals surface area contributed by atoms with Crippen molar-refractivity contribution in [2.45, 2.75) is 26.2 Å². The predicted molar refractivity (Wildman–Crippen MR) is 88.4 cm³/mol. The molecule has 0 bridgehead atoms. The SMILES string of the molecule is CCCCCNc1cc(-c2ccccc2)ccc1C(N)=O. The number of hydrogen-bond donors (Lipinski definition) is 2. The maximum Gasteiger partial charge on any atom is 0.250 e. The Balaban J connectivity index is 2.24. The van der Waals surface area contributed by atoms with Gasteiger partial charge in [-0.1, -0.05) is 56.2 Å². The van der Waals surface area contributed by atoms with Gasteiger partial charge in [0.2, 0.25) is 0 Å². The van der Waals surface area contributed by atoms with Crippen LogP contribution in [0.4, 0.5) is 5.69 Å². The van der Waals surface area contributed by atoms with Crippen molar-refractivity contribution in [3.8, 4) is 11.1 Å². The molecular formula is C18H22N2O. The van der Waals surface area contributed by atoms with Gasteiger partial charge in [0.25, 0.3) is 5.91 Å². The number of nitrogens with two attached hydrogens (primary N) is 1. The van der Waals surface area contributed by atoms with Crippen LogP contribution in [0.25, 0.3) is 11.1 Å². The third-order valence-electron chi connectivity index (χ3n) is 3.49. The molecule has 21 heavy (non-hydrogen) atoms. The van der Waals surface area contributed by atoms with E-state index in [-0.39, 0.29) is 0 Å². The summed E-state index contributed by atoms with van der Waals surface area (Å²) in [7, 11) is 0. The molecule has 0 saturated carbocycles. The second-order valence-electron chi connectivity index (χ2n) is 5.12. The Morgan fingerprint density at radius 2 is 1.81 bits per heavy atom. The van der Waals surface area contributed by atoms with Gasteiger partial charge in [-0.3, -0.25) is 4.79 Å². The summed E-state index contributed by atoms with van der Waals surface area (Å²) >= 11 is 0. The first kappa shape index (κ1) is 15.1. The van der Waals surface area contributed by atoms with Crippen LogP contribution in [0.2, 0.25) is 0 Å². The summed E-state index contributed by atoms with van der Waals surface area (Å²) in [5, 5.41) is 3.34. The van der Waals surface area contributed by atoms with Gasteiger partial charge in [0.1, 0.15) is 0 Å². The summed E-state index contributed by atoms with van der Waals surface area (Å²) in [5.74, 6) is -0.396. The summed E-state index contributed by atoms with van der Waals surface area (Å²) in [6.07, 6.45) is 3.44. The molecule has 2 aromatic carbocycles. The van der Waals surface area contributed by atoms with Crippen molar-refractivity contribution in [2.24, 2.45) is 5.73 Å². The van der Waals surface area contributed by atoms with Gasteiger partial charge in [-0.05, 0) is 29.7 Å². The van der Waals surface area contributed by atoms with Crippen molar-refractivity contribution < 1.29 is 4.79 Å². The van der Waals surface area contributed by atoms with E-state index in [1.165, 1.54) is 12.8 Å². The zero-order chi connectivity index (χ0) is 15.1. The second-order valence-corrected chi connectivity index (χ2v) is 5.12. The van der Waals surface area contributed by atoms with Crippen LogP contribution in [0.15, 0.2) is 48.5 Å². The van der Waals surface area contributed by atoms with Crippen LogP contribution in [0.5, 0.6) is 0 Å². The Bertz CT molecular complexity index is 593. The van der Waals surface area contributed by atoms with Gasteiger partial charge in [-0.2, -0.15) is 0 Å². The Morgan fingerprint density at radius 1 is 1.05 bits per heavy atom. The fourth-order valence-corrected chi connectivity index (χ4v) is 2.31. The third kappa shape index (κ3) is 4.09. The molecule has 0 unspecified atom stereocenters. The van der Waals surface area contributed by atoms with Crippen molar-refractivity contribution in [2.75, 3.05) is 11.9 Å². The summed E-state index contributed by atoms with van der Waals surface area (Å²) in [6, 6.07) is 15.9. The van der Waals surface area contributed by atoms with Gasteiger partial charge in [0.05, 0.1) is 5.56 Å². The number of rotatable bonds is 7. The van der Waals surface area contributed by atoms with Gasteiger partial charge < -0.3 is 11.1 Å². The first-order valence-corrected chi connectivity index (χ1v) is 7.45. The fraction of sp³-hybridized carbons (Fsp3) is 0.278. The van der Waals surface area contributed by atoms with Gasteiger partial charge in [0, 0.05) is 12.2 Å². The van der Waals surface area contributed by atoms with Crippen LogP contribution in [0, 0.1) is 0 Å². The van der Waals surface area contributed by atoms with Gasteiger partial charge >= 0.3 is 0 Å². The van der Waals surface area contributed by atoms with E-state index in [1.807, 2.05) is 30.3 Å². The molecule has 1 amide bonds. The lowest BCUT2D eigenvalue weighted by Crippen LogP contribution is -2.15. The summed E-state index contributed by atoms with van der Waals surface area (Å²) in [4.78, 5) is 11.5. The minimum absolute atomic E-state index is 0.396. The highest BCUT2D eigenvalue weighted by molar-refractivity contribution is 5.99. The van der Waals surface area contributed by atoms with Crippen molar-refractivity contribution in [1.29, 1.82) is 0 Å². The maximum atomic E-state index is 11.5. The Labute approximate surface area is 126 Å². The molecule has 0 heterocycles. The Morgan fingerprint density at radius 3 is 2.48 bits per heavy atom. The van der Waals surface area contributed by atoms with Crippen LogP contribution < -0.4 is 11.1 Å². The summed E-state index contributed by atoms with van der Waals surface area (Å²) in [6.45, 7) is 3.03. The van der Waals surface area contributed by atoms with Crippen LogP contribution in [0.1, 0.15) is 36.5 Å². The van der Waals surface area contributed by atoms with Gasteiger partial charge in [-0.25, -0.2) is 0 Å². The van der Waals surface area contributed by atoms with E-state index in [2.05, 4.69) is 24.4 Å². The first-order chi connectivity index (χ1) is 10.2. The highest BCUT2D eigenvalue weighted by atomic mass is 16.1. The topological polar surface area (TPSA) is 55.1 Å². The van der Waals surface area contributed by atoms with Crippen LogP contribution in [0.3, 0.4) is 0 Å². The van der Waals surface area contributed by atoms with E-state index in [1.54, 1.807) is 6.07 Å². The summed E-state index contributed by atoms with van der Waals surface area (Å²) in [5.41, 5.74) is 9.03. The van der Waals surface area contributed by atoms with Crippen molar-refractivity contribution in [3.63, 3.8) is 0 Å². The highest BCUT2D eigenvalue weighted by Gasteiger charge is 2.09. The number of carbonyl (C=O) groups is 1. The molecule has 3 heteroatoms. The van der Waals surface area contributed by atoms with Gasteiger partial charge in [0.15, 0.2) is 0 Å². The Kier molecular flexibility index (Phi) is 5.38. The monoisotopic (exact) mass is 282 g/mol. The minimum atomic E-state index is -0.396. The zero-order valence-corrected chi connectivity index (χ0v) is 12.4. The van der Waals surface area contributed by atoms with Crippen LogP contribution in [-0.2, 0) is 0 Å². The van der Waals surface area contributed by atoms with E-state index in [0.717, 1.165) is 29.8 Å². The van der Waals surface area contributed by atoms with Crippen LogP contribution in [-0.4, -0.2) is 12.5 Å². The molecule has 0 saturated heterocycles. The molecule has 0 spiro atoms. The fourth-order valence-electron chi connectivity index (χ4n) is 2.31. The average Bonchev–Trinajstić information content (AvgIpc) is 2.52. The number of nitrogens with one attached hydrogen (secondary N) is 1. The predicted octanol–water partition coefficient (Wildman–Crippen LogP) is 4.05. The quantitative estimate of drug-likeness (QED) is 0.753. The van der Waals surface area contributed by atoms with Crippen molar-refractivity contribution >= 4 is 11.6 Å². The molecule has 110 valence electrons. The largest absolute Gasteiger partial charge is 0.384 e. The summed E-state index contributed by atoms with van der Waals surface area (Å²) < 4.78 is 0. The van der Waals surface area contributed by atoms with E-state index in [9.17, 15) is 4.79 Å². The van der Waals surface area contributed by atoms with Gasteiger partial charge in [-0.15, -0.1) is 0 Å². The molecule has 0 fully saturated rings. The maximum absolute atomic E-state index is 11.5. The molecule has 0 radical (unpaired) electrons. The number of unbranched alkanes of at least 4 members (excludes halogenated alkanes) is 2. The third-order valence-corrected chi connectivity index (χ3v) is 3.49. The van der Waals surface area contributed by atoms with Crippen molar-refractivity contribution in [1.82, 2.24) is 0 Å². The van der Waals surface area contributed by atoms with E-state index < -0.39 is 5.91 Å². The number of benzene rings is 2. The molecule has 3 N–H and O–H groups in total. The molecule has 0 aliphatic carbocycles. The molecule has 0 atom stereocenters. The Hall–Kier alpha value is -2.29. The lowest BCUT2D eigenvalue weighted by Gasteiger charge is -2.12. The number of amides is 1. The molecule has 0 aliphatic rings. The highest BCUT2D eigenvalue weighted by Crippen LogP contribution is 2.25. The zero-order valence-electron chi connectivity index (χ0n) is 12.4. The van der Waals surface area contributed by atoms with E-state index in [4.69, 9.17) is 5.73 Å². The number of anilines is 1. The second kappa shape index (κ2) is 7.48. The number of primary amides is 1. The normalized spacial score (nSPS) is 10.3.